The van der Waals surface area contributed by atoms with E-state index in [2.05, 4.69) is 15.6 Å². The van der Waals surface area contributed by atoms with Gasteiger partial charge in [0.2, 0.25) is 0 Å². The van der Waals surface area contributed by atoms with Gasteiger partial charge in [-0.05, 0) is 23.3 Å². The van der Waals surface area contributed by atoms with Crippen LogP contribution in [0.15, 0.2) is 78.9 Å². The van der Waals surface area contributed by atoms with Gasteiger partial charge >= 0.3 is 6.03 Å². The lowest BCUT2D eigenvalue weighted by atomic mass is 9.92. The molecule has 8 heteroatoms. The summed E-state index contributed by atoms with van der Waals surface area (Å²) in [6.45, 7) is 0. The van der Waals surface area contributed by atoms with Crippen LogP contribution < -0.4 is 10.6 Å². The van der Waals surface area contributed by atoms with E-state index in [1.807, 2.05) is 54.6 Å². The summed E-state index contributed by atoms with van der Waals surface area (Å²) in [4.78, 5) is 31.5. The molecule has 0 saturated heterocycles. The second-order valence-corrected chi connectivity index (χ2v) is 7.14. The molecule has 5 rings (SSSR count). The van der Waals surface area contributed by atoms with Gasteiger partial charge in [-0.2, -0.15) is 0 Å². The van der Waals surface area contributed by atoms with E-state index in [-0.39, 0.29) is 5.69 Å². The van der Waals surface area contributed by atoms with Gasteiger partial charge in [-0.25, -0.2) is 9.78 Å². The average molecular weight is 411 g/mol. The maximum atomic E-state index is 12.6. The van der Waals surface area contributed by atoms with E-state index in [0.717, 1.165) is 16.6 Å². The van der Waals surface area contributed by atoms with Crippen LogP contribution in [0, 0.1) is 10.1 Å². The molecule has 1 aromatic heterocycles. The highest BCUT2D eigenvalue weighted by atomic mass is 16.6. The molecule has 0 bridgehead atoms. The maximum absolute atomic E-state index is 12.6. The van der Waals surface area contributed by atoms with Crippen molar-refractivity contribution in [3.05, 3.63) is 106 Å². The molecule has 1 unspecified atom stereocenters. The Morgan fingerprint density at radius 1 is 0.935 bits per heavy atom. The van der Waals surface area contributed by atoms with Gasteiger partial charge in [0.05, 0.1) is 27.7 Å². The fourth-order valence-electron chi connectivity index (χ4n) is 3.80. The summed E-state index contributed by atoms with van der Waals surface area (Å²) < 4.78 is 0. The molecular formula is C23H17N5O3. The number of nitro groups is 1. The molecular weight excluding hydrogens is 394 g/mol. The number of nitro benzene ring substituents is 1. The van der Waals surface area contributed by atoms with Gasteiger partial charge in [-0.3, -0.25) is 10.1 Å². The minimum atomic E-state index is -0.635. The lowest BCUT2D eigenvalue weighted by molar-refractivity contribution is -0.384. The number of para-hydroxylation sites is 2. The highest BCUT2D eigenvalue weighted by Crippen LogP contribution is 2.38. The second-order valence-electron chi connectivity index (χ2n) is 7.14. The summed E-state index contributed by atoms with van der Waals surface area (Å²) in [6.07, 6.45) is 0. The predicted octanol–water partition coefficient (Wildman–Crippen LogP) is 4.39. The Hall–Kier alpha value is -4.46. The molecule has 0 radical (unpaired) electrons. The molecule has 1 atom stereocenters. The van der Waals surface area contributed by atoms with Gasteiger partial charge in [0, 0.05) is 17.7 Å². The molecule has 2 amide bonds. The van der Waals surface area contributed by atoms with Crippen molar-refractivity contribution in [2.24, 2.45) is 0 Å². The van der Waals surface area contributed by atoms with Crippen molar-refractivity contribution < 1.29 is 9.72 Å². The van der Waals surface area contributed by atoms with Crippen LogP contribution in [0.3, 0.4) is 0 Å². The minimum absolute atomic E-state index is 0.0458. The Morgan fingerprint density at radius 3 is 2.48 bits per heavy atom. The Bertz CT molecular complexity index is 1310. The zero-order chi connectivity index (χ0) is 21.4. The number of non-ortho nitro benzene ring substituents is 1. The Morgan fingerprint density at radius 2 is 1.71 bits per heavy atom. The van der Waals surface area contributed by atoms with Gasteiger partial charge in [0.15, 0.2) is 0 Å². The number of hydrogen-bond acceptors (Lipinski definition) is 4. The molecule has 0 aliphatic carbocycles. The van der Waals surface area contributed by atoms with Crippen LogP contribution in [0.2, 0.25) is 0 Å². The number of H-pyrrole nitrogens is 1. The molecule has 8 nitrogen and oxygen atoms in total. The molecule has 0 fully saturated rings. The minimum Gasteiger partial charge on any atom is -0.338 e. The van der Waals surface area contributed by atoms with Crippen molar-refractivity contribution in [2.45, 2.75) is 6.04 Å². The molecule has 4 aromatic rings. The first-order valence-electron chi connectivity index (χ1n) is 9.67. The summed E-state index contributed by atoms with van der Waals surface area (Å²) in [5.41, 5.74) is 4.29. The first-order chi connectivity index (χ1) is 15.1. The van der Waals surface area contributed by atoms with Crippen molar-refractivity contribution in [3.63, 3.8) is 0 Å². The molecule has 152 valence electrons. The summed E-state index contributed by atoms with van der Waals surface area (Å²) in [6, 6.07) is 22.3. The summed E-state index contributed by atoms with van der Waals surface area (Å²) in [7, 11) is 0. The fraction of sp³-hybridized carbons (Fsp3) is 0.0435. The van der Waals surface area contributed by atoms with Crippen LogP contribution in [0.25, 0.3) is 22.3 Å². The highest BCUT2D eigenvalue weighted by Gasteiger charge is 2.32. The Kier molecular flexibility index (Phi) is 4.44. The Labute approximate surface area is 176 Å². The molecule has 0 saturated carbocycles. The zero-order valence-corrected chi connectivity index (χ0v) is 16.2. The molecule has 0 spiro atoms. The molecule has 1 aliphatic heterocycles. The van der Waals surface area contributed by atoms with Gasteiger partial charge in [-0.1, -0.05) is 54.6 Å². The Balaban J connectivity index is 1.76. The quantitative estimate of drug-likeness (QED) is 0.341. The standard InChI is InChI=1S/C23H17N5O3/c29-23-26-20(14-7-2-1-3-8-14)19(22-24-17-11-4-5-12-18(17)25-22)21(27-23)15-9-6-10-16(13-15)28(30)31/h1-13,21H,(H,24,25)(H2,26,27,29). The van der Waals surface area contributed by atoms with Crippen LogP contribution in [-0.4, -0.2) is 20.9 Å². The number of rotatable bonds is 4. The number of hydrogen-bond donors (Lipinski definition) is 3. The molecule has 31 heavy (non-hydrogen) atoms. The first kappa shape index (κ1) is 18.6. The van der Waals surface area contributed by atoms with Crippen molar-refractivity contribution in [3.8, 4) is 0 Å². The smallest absolute Gasteiger partial charge is 0.320 e. The molecule has 2 heterocycles. The molecule has 3 N–H and O–H groups in total. The van der Waals surface area contributed by atoms with Crippen LogP contribution in [0.5, 0.6) is 0 Å². The lowest BCUT2D eigenvalue weighted by Crippen LogP contribution is -2.43. The third-order valence-corrected chi connectivity index (χ3v) is 5.19. The number of carbonyl (C=O) groups excluding carboxylic acids is 1. The number of carbonyl (C=O) groups is 1. The van der Waals surface area contributed by atoms with E-state index >= 15 is 0 Å². The monoisotopic (exact) mass is 411 g/mol. The van der Waals surface area contributed by atoms with E-state index < -0.39 is 17.0 Å². The predicted molar refractivity (Wildman–Crippen MR) is 117 cm³/mol. The topological polar surface area (TPSA) is 113 Å². The van der Waals surface area contributed by atoms with Gasteiger partial charge in [0.1, 0.15) is 5.82 Å². The largest absolute Gasteiger partial charge is 0.338 e. The fourth-order valence-corrected chi connectivity index (χ4v) is 3.80. The van der Waals surface area contributed by atoms with Crippen LogP contribution in [-0.2, 0) is 0 Å². The van der Waals surface area contributed by atoms with E-state index in [0.29, 0.717) is 22.7 Å². The number of benzene rings is 3. The SMILES string of the molecule is O=C1NC(c2ccccc2)=C(c2nc3ccccc3[nH]2)C(c2cccc([N+](=O)[O-])c2)N1. The normalized spacial score (nSPS) is 16.1. The van der Waals surface area contributed by atoms with Crippen LogP contribution in [0.1, 0.15) is 23.0 Å². The number of fused-ring (bicyclic) bond motifs is 1. The summed E-state index contributed by atoms with van der Waals surface area (Å²) in [5.74, 6) is 0.573. The third kappa shape index (κ3) is 3.40. The number of urea groups is 1. The lowest BCUT2D eigenvalue weighted by Gasteiger charge is -2.29. The number of aromatic amines is 1. The van der Waals surface area contributed by atoms with E-state index in [1.165, 1.54) is 12.1 Å². The van der Waals surface area contributed by atoms with Crippen molar-refractivity contribution in [2.75, 3.05) is 0 Å². The van der Waals surface area contributed by atoms with Gasteiger partial charge in [0.25, 0.3) is 5.69 Å². The molecule has 1 aliphatic rings. The van der Waals surface area contributed by atoms with Crippen molar-refractivity contribution in [1.29, 1.82) is 0 Å². The number of nitrogens with zero attached hydrogens (tertiary/aromatic N) is 2. The van der Waals surface area contributed by atoms with Gasteiger partial charge < -0.3 is 15.6 Å². The van der Waals surface area contributed by atoms with E-state index in [9.17, 15) is 14.9 Å². The number of aromatic nitrogens is 2. The van der Waals surface area contributed by atoms with Crippen LogP contribution in [0.4, 0.5) is 10.5 Å². The highest BCUT2D eigenvalue weighted by molar-refractivity contribution is 6.02. The van der Waals surface area contributed by atoms with Crippen LogP contribution >= 0.6 is 0 Å². The molecule has 3 aromatic carbocycles. The van der Waals surface area contributed by atoms with Gasteiger partial charge in [-0.15, -0.1) is 0 Å². The second kappa shape index (κ2) is 7.42. The van der Waals surface area contributed by atoms with Crippen molar-refractivity contribution in [1.82, 2.24) is 20.6 Å². The number of amides is 2. The number of imidazole rings is 1. The maximum Gasteiger partial charge on any atom is 0.320 e. The summed E-state index contributed by atoms with van der Waals surface area (Å²) >= 11 is 0. The van der Waals surface area contributed by atoms with E-state index in [4.69, 9.17) is 4.98 Å². The third-order valence-electron chi connectivity index (χ3n) is 5.19. The summed E-state index contributed by atoms with van der Waals surface area (Å²) in [5, 5.41) is 17.1. The van der Waals surface area contributed by atoms with E-state index in [1.54, 1.807) is 12.1 Å². The number of nitrogens with one attached hydrogen (secondary N) is 3. The average Bonchev–Trinajstić information content (AvgIpc) is 3.23. The first-order valence-corrected chi connectivity index (χ1v) is 9.67. The van der Waals surface area contributed by atoms with Crippen molar-refractivity contribution >= 4 is 34.0 Å². The zero-order valence-electron chi connectivity index (χ0n) is 16.2.